The molecule has 0 aliphatic carbocycles. The molecule has 5 heteroatoms. The van der Waals surface area contributed by atoms with Gasteiger partial charge in [-0.3, -0.25) is 9.69 Å². The molecule has 1 atom stereocenters. The summed E-state index contributed by atoms with van der Waals surface area (Å²) in [7, 11) is 1.66. The molecule has 0 aromatic rings. The van der Waals surface area contributed by atoms with Crippen molar-refractivity contribution in [2.75, 3.05) is 33.2 Å². The van der Waals surface area contributed by atoms with Crippen LogP contribution in [0.3, 0.4) is 0 Å². The van der Waals surface area contributed by atoms with Gasteiger partial charge in [-0.05, 0) is 20.3 Å². The van der Waals surface area contributed by atoms with Crippen LogP contribution in [0.15, 0.2) is 0 Å². The Bertz CT molecular complexity index is 238. The molecule has 0 spiro atoms. The summed E-state index contributed by atoms with van der Waals surface area (Å²) in [5.41, 5.74) is -0.669. The average Bonchev–Trinajstić information content (AvgIpc) is 2.25. The maximum absolute atomic E-state index is 11.6. The fourth-order valence-electron chi connectivity index (χ4n) is 1.86. The molecule has 0 radical (unpaired) electrons. The third-order valence-corrected chi connectivity index (χ3v) is 2.91. The van der Waals surface area contributed by atoms with Crippen LogP contribution in [-0.2, 0) is 4.79 Å². The predicted octanol–water partition coefficient (Wildman–Crippen LogP) is -0.833. The molecule has 1 rings (SSSR count). The average molecular weight is 229 g/mol. The van der Waals surface area contributed by atoms with Gasteiger partial charge >= 0.3 is 0 Å². The monoisotopic (exact) mass is 229 g/mol. The zero-order valence-electron chi connectivity index (χ0n) is 10.4. The topological polar surface area (TPSA) is 64.6 Å². The van der Waals surface area contributed by atoms with E-state index in [1.165, 1.54) is 0 Å². The van der Waals surface area contributed by atoms with Crippen molar-refractivity contribution in [2.45, 2.75) is 31.9 Å². The predicted molar refractivity (Wildman–Crippen MR) is 63.2 cm³/mol. The smallest absolute Gasteiger partial charge is 0.238 e. The van der Waals surface area contributed by atoms with Crippen molar-refractivity contribution < 1.29 is 9.90 Å². The Morgan fingerprint density at radius 2 is 2.31 bits per heavy atom. The molecule has 3 N–H and O–H groups in total. The van der Waals surface area contributed by atoms with E-state index in [0.717, 1.165) is 19.6 Å². The van der Waals surface area contributed by atoms with E-state index in [-0.39, 0.29) is 11.9 Å². The number of carbonyl (C=O) groups excluding carboxylic acids is 1. The fraction of sp³-hybridized carbons (Fsp3) is 0.909. The SMILES string of the molecule is CNC(=O)C1CNCCN1CCC(C)(C)O. The number of hydrogen-bond donors (Lipinski definition) is 3. The van der Waals surface area contributed by atoms with E-state index in [1.54, 1.807) is 20.9 Å². The molecular formula is C11H23N3O2. The number of amides is 1. The van der Waals surface area contributed by atoms with Gasteiger partial charge < -0.3 is 15.7 Å². The molecule has 94 valence electrons. The van der Waals surface area contributed by atoms with Crippen LogP contribution in [0.4, 0.5) is 0 Å². The zero-order valence-corrected chi connectivity index (χ0v) is 10.4. The lowest BCUT2D eigenvalue weighted by molar-refractivity contribution is -0.126. The van der Waals surface area contributed by atoms with Gasteiger partial charge in [0.25, 0.3) is 0 Å². The molecule has 0 bridgehead atoms. The molecule has 0 aromatic carbocycles. The van der Waals surface area contributed by atoms with Crippen molar-refractivity contribution in [3.8, 4) is 0 Å². The minimum absolute atomic E-state index is 0.0444. The molecule has 5 nitrogen and oxygen atoms in total. The van der Waals surface area contributed by atoms with Gasteiger partial charge in [-0.15, -0.1) is 0 Å². The summed E-state index contributed by atoms with van der Waals surface area (Å²) in [6.45, 7) is 6.79. The largest absolute Gasteiger partial charge is 0.390 e. The van der Waals surface area contributed by atoms with Crippen LogP contribution in [-0.4, -0.2) is 60.8 Å². The van der Waals surface area contributed by atoms with Gasteiger partial charge in [0.15, 0.2) is 0 Å². The van der Waals surface area contributed by atoms with E-state index >= 15 is 0 Å². The molecule has 1 heterocycles. The number of nitrogens with one attached hydrogen (secondary N) is 2. The number of piperazine rings is 1. The lowest BCUT2D eigenvalue weighted by Crippen LogP contribution is -2.58. The number of rotatable bonds is 4. The Morgan fingerprint density at radius 3 is 2.88 bits per heavy atom. The van der Waals surface area contributed by atoms with E-state index in [2.05, 4.69) is 15.5 Å². The van der Waals surface area contributed by atoms with Gasteiger partial charge in [0.05, 0.1) is 5.60 Å². The Kier molecular flexibility index (Phi) is 4.70. The van der Waals surface area contributed by atoms with Gasteiger partial charge in [-0.1, -0.05) is 0 Å². The standard InChI is InChI=1S/C11H23N3O2/c1-11(2,16)4-6-14-7-5-13-8-9(14)10(15)12-3/h9,13,16H,4-8H2,1-3H3,(H,12,15). The fourth-order valence-corrected chi connectivity index (χ4v) is 1.86. The molecule has 1 fully saturated rings. The van der Waals surface area contributed by atoms with Gasteiger partial charge in [0.1, 0.15) is 6.04 Å². The highest BCUT2D eigenvalue weighted by atomic mass is 16.3. The zero-order chi connectivity index (χ0) is 12.2. The number of aliphatic hydroxyl groups is 1. The van der Waals surface area contributed by atoms with Gasteiger partial charge in [0, 0.05) is 33.2 Å². The maximum Gasteiger partial charge on any atom is 0.238 e. The van der Waals surface area contributed by atoms with E-state index in [4.69, 9.17) is 0 Å². The lowest BCUT2D eigenvalue weighted by atomic mass is 10.0. The first-order chi connectivity index (χ1) is 7.44. The summed E-state index contributed by atoms with van der Waals surface area (Å²) in [6.07, 6.45) is 0.681. The molecule has 1 aliphatic rings. The number of nitrogens with zero attached hydrogens (tertiary/aromatic N) is 1. The molecular weight excluding hydrogens is 206 g/mol. The summed E-state index contributed by atoms with van der Waals surface area (Å²) in [5, 5.41) is 15.6. The maximum atomic E-state index is 11.6. The normalized spacial score (nSPS) is 23.1. The van der Waals surface area contributed by atoms with Crippen LogP contribution in [0.2, 0.25) is 0 Å². The molecule has 0 saturated carbocycles. The minimum Gasteiger partial charge on any atom is -0.390 e. The van der Waals surface area contributed by atoms with E-state index < -0.39 is 5.60 Å². The van der Waals surface area contributed by atoms with Gasteiger partial charge in [-0.2, -0.15) is 0 Å². The third-order valence-electron chi connectivity index (χ3n) is 2.91. The second-order valence-corrected chi connectivity index (χ2v) is 4.93. The minimum atomic E-state index is -0.669. The highest BCUT2D eigenvalue weighted by Gasteiger charge is 2.28. The number of hydrogen-bond acceptors (Lipinski definition) is 4. The molecule has 1 unspecified atom stereocenters. The Morgan fingerprint density at radius 1 is 1.62 bits per heavy atom. The summed E-state index contributed by atoms with van der Waals surface area (Å²) in [6, 6.07) is -0.110. The molecule has 1 saturated heterocycles. The van der Waals surface area contributed by atoms with Crippen molar-refractivity contribution in [1.82, 2.24) is 15.5 Å². The van der Waals surface area contributed by atoms with Crippen molar-refractivity contribution >= 4 is 5.91 Å². The molecule has 1 aliphatic heterocycles. The molecule has 16 heavy (non-hydrogen) atoms. The highest BCUT2D eigenvalue weighted by Crippen LogP contribution is 2.11. The first kappa shape index (κ1) is 13.4. The van der Waals surface area contributed by atoms with Crippen molar-refractivity contribution in [2.24, 2.45) is 0 Å². The van der Waals surface area contributed by atoms with E-state index in [9.17, 15) is 9.90 Å². The Hall–Kier alpha value is -0.650. The first-order valence-electron chi connectivity index (χ1n) is 5.83. The lowest BCUT2D eigenvalue weighted by Gasteiger charge is -2.36. The van der Waals surface area contributed by atoms with Crippen molar-refractivity contribution in [3.05, 3.63) is 0 Å². The summed E-state index contributed by atoms with van der Waals surface area (Å²) < 4.78 is 0. The summed E-state index contributed by atoms with van der Waals surface area (Å²) in [5.74, 6) is 0.0444. The van der Waals surface area contributed by atoms with Crippen LogP contribution in [0.5, 0.6) is 0 Å². The van der Waals surface area contributed by atoms with Crippen LogP contribution in [0.25, 0.3) is 0 Å². The molecule has 0 aromatic heterocycles. The second-order valence-electron chi connectivity index (χ2n) is 4.93. The quantitative estimate of drug-likeness (QED) is 0.588. The molecule has 1 amide bonds. The van der Waals surface area contributed by atoms with Gasteiger partial charge in [0.2, 0.25) is 5.91 Å². The Labute approximate surface area is 97.2 Å². The van der Waals surface area contributed by atoms with Crippen LogP contribution >= 0.6 is 0 Å². The first-order valence-corrected chi connectivity index (χ1v) is 5.83. The second kappa shape index (κ2) is 5.61. The van der Waals surface area contributed by atoms with Crippen molar-refractivity contribution in [1.29, 1.82) is 0 Å². The van der Waals surface area contributed by atoms with E-state index in [0.29, 0.717) is 13.0 Å². The number of carbonyl (C=O) groups is 1. The van der Waals surface area contributed by atoms with Crippen molar-refractivity contribution in [3.63, 3.8) is 0 Å². The van der Waals surface area contributed by atoms with Crippen LogP contribution in [0, 0.1) is 0 Å². The van der Waals surface area contributed by atoms with Gasteiger partial charge in [-0.25, -0.2) is 0 Å². The number of likely N-dealkylation sites (N-methyl/N-ethyl adjacent to an activating group) is 1. The Balaban J connectivity index is 2.50. The van der Waals surface area contributed by atoms with Crippen LogP contribution in [0.1, 0.15) is 20.3 Å². The van der Waals surface area contributed by atoms with Crippen LogP contribution < -0.4 is 10.6 Å². The summed E-state index contributed by atoms with van der Waals surface area (Å²) in [4.78, 5) is 13.8. The highest BCUT2D eigenvalue weighted by molar-refractivity contribution is 5.81. The van der Waals surface area contributed by atoms with E-state index in [1.807, 2.05) is 0 Å². The summed E-state index contributed by atoms with van der Waals surface area (Å²) >= 11 is 0. The third kappa shape index (κ3) is 4.08.